The molecule has 2 aromatic rings. The Morgan fingerprint density at radius 3 is 2.47 bits per heavy atom. The molecule has 1 aromatic carbocycles. The quantitative estimate of drug-likeness (QED) is 0.102. The summed E-state index contributed by atoms with van der Waals surface area (Å²) >= 11 is 8.77. The number of oxime groups is 1. The summed E-state index contributed by atoms with van der Waals surface area (Å²) in [5, 5.41) is 11.4. The fourth-order valence-electron chi connectivity index (χ4n) is 4.34. The summed E-state index contributed by atoms with van der Waals surface area (Å²) in [6.07, 6.45) is 0. The molecule has 0 radical (unpaired) electrons. The van der Waals surface area contributed by atoms with Gasteiger partial charge in [0.05, 0.1) is 7.11 Å². The molecule has 2 aliphatic rings. The van der Waals surface area contributed by atoms with Crippen LogP contribution in [0.25, 0.3) is 0 Å². The van der Waals surface area contributed by atoms with Gasteiger partial charge in [-0.3, -0.25) is 14.5 Å². The van der Waals surface area contributed by atoms with Gasteiger partial charge in [-0.15, -0.1) is 34.7 Å². The minimum absolute atomic E-state index is 0.0209. The number of rotatable bonds is 13. The van der Waals surface area contributed by atoms with E-state index in [-0.39, 0.29) is 29.6 Å². The molecule has 2 N–H and O–H groups in total. The molecule has 13 nitrogen and oxygen atoms in total. The molecule has 1 saturated heterocycles. The van der Waals surface area contributed by atoms with Crippen molar-refractivity contribution in [3.63, 3.8) is 0 Å². The largest absolute Gasteiger partial charge is 0.497 e. The molecule has 254 valence electrons. The molecule has 4 rings (SSSR count). The van der Waals surface area contributed by atoms with Gasteiger partial charge in [-0.2, -0.15) is 0 Å². The average molecular weight is 708 g/mol. The van der Waals surface area contributed by atoms with E-state index in [1.54, 1.807) is 57.5 Å². The number of thiazole rings is 1. The Morgan fingerprint density at radius 2 is 1.85 bits per heavy atom. The lowest BCUT2D eigenvalue weighted by atomic mass is 10.0. The number of amides is 2. The second-order valence-electron chi connectivity index (χ2n) is 12.0. The number of methoxy groups -OCH3 is 1. The third-order valence-corrected chi connectivity index (χ3v) is 9.23. The number of esters is 2. The zero-order valence-electron chi connectivity index (χ0n) is 27.2. The van der Waals surface area contributed by atoms with Crippen LogP contribution in [-0.2, 0) is 40.1 Å². The van der Waals surface area contributed by atoms with Gasteiger partial charge in [0.25, 0.3) is 11.8 Å². The first kappa shape index (κ1) is 36.0. The van der Waals surface area contributed by atoms with Gasteiger partial charge >= 0.3 is 11.9 Å². The van der Waals surface area contributed by atoms with Crippen molar-refractivity contribution < 1.29 is 38.2 Å². The van der Waals surface area contributed by atoms with Crippen LogP contribution in [0, 0.1) is 0 Å². The predicted molar refractivity (Wildman–Crippen MR) is 179 cm³/mol. The molecule has 1 fully saturated rings. The lowest BCUT2D eigenvalue weighted by molar-refractivity contribution is -0.179. The molecule has 0 saturated carbocycles. The van der Waals surface area contributed by atoms with Crippen LogP contribution in [-0.4, -0.2) is 87.3 Å². The zero-order valence-corrected chi connectivity index (χ0v) is 29.6. The molecule has 0 spiro atoms. The van der Waals surface area contributed by atoms with Crippen LogP contribution in [0.2, 0.25) is 0 Å². The second kappa shape index (κ2) is 14.9. The van der Waals surface area contributed by atoms with Gasteiger partial charge in [0.1, 0.15) is 40.8 Å². The molecule has 3 heterocycles. The Hall–Kier alpha value is -3.82. The molecule has 0 bridgehead atoms. The van der Waals surface area contributed by atoms with Crippen molar-refractivity contribution in [1.82, 2.24) is 15.2 Å². The predicted octanol–water partition coefficient (Wildman–Crippen LogP) is 4.06. The van der Waals surface area contributed by atoms with Crippen LogP contribution in [0.15, 0.2) is 46.1 Å². The lowest BCUT2D eigenvalue weighted by Crippen LogP contribution is -2.71. The number of hydrogen-bond donors (Lipinski definition) is 2. The first-order chi connectivity index (χ1) is 22.2. The van der Waals surface area contributed by atoms with Crippen LogP contribution in [0.5, 0.6) is 5.75 Å². The van der Waals surface area contributed by atoms with Crippen molar-refractivity contribution in [2.45, 2.75) is 70.8 Å². The van der Waals surface area contributed by atoms with E-state index in [1.165, 1.54) is 41.8 Å². The molecule has 2 aliphatic heterocycles. The number of thioether (sulfide) groups is 1. The van der Waals surface area contributed by atoms with Crippen molar-refractivity contribution in [2.24, 2.45) is 5.16 Å². The van der Waals surface area contributed by atoms with Gasteiger partial charge in [-0.05, 0) is 64.8 Å². The van der Waals surface area contributed by atoms with Crippen LogP contribution in [0.4, 0.5) is 5.13 Å². The fraction of sp³-hybridized carbons (Fsp3) is 0.484. The highest BCUT2D eigenvalue weighted by atomic mass is 35.5. The number of aromatic nitrogens is 1. The Labute approximate surface area is 286 Å². The highest BCUT2D eigenvalue weighted by Crippen LogP contribution is 2.41. The standard InChI is InChI=1S/C31H38ClN5O8S2/c1-8-33-29-34-20(16-47-29)21(36-45-31(5,6)28(41)44-30(2,3)4)24(38)35-22-25(39)37-23(18(13-32)15-46-26(22)37)27(40)43-14-17-9-11-19(42-7)12-10-17/h9-12,16,22,26H,8,13-15H2,1-7H3,(H,33,34)(H,35,38)/b36-21-/t22-,26?/m1/s1. The Bertz CT molecular complexity index is 1570. The Balaban J connectivity index is 1.51. The van der Waals surface area contributed by atoms with Crippen LogP contribution in [0.1, 0.15) is 52.8 Å². The Morgan fingerprint density at radius 1 is 1.15 bits per heavy atom. The average Bonchev–Trinajstić information content (AvgIpc) is 3.49. The smallest absolute Gasteiger partial charge is 0.355 e. The summed E-state index contributed by atoms with van der Waals surface area (Å²) in [5.41, 5.74) is -1.05. The summed E-state index contributed by atoms with van der Waals surface area (Å²) in [6, 6.07) is 6.04. The van der Waals surface area contributed by atoms with Crippen molar-refractivity contribution in [1.29, 1.82) is 0 Å². The summed E-state index contributed by atoms with van der Waals surface area (Å²) < 4.78 is 16.1. The minimum atomic E-state index is -1.55. The van der Waals surface area contributed by atoms with Crippen molar-refractivity contribution in [3.05, 3.63) is 52.2 Å². The van der Waals surface area contributed by atoms with Gasteiger partial charge in [0.2, 0.25) is 5.60 Å². The second-order valence-corrected chi connectivity index (χ2v) is 14.2. The molecule has 0 aliphatic carbocycles. The number of carbonyl (C=O) groups excluding carboxylic acids is 4. The third-order valence-electron chi connectivity index (χ3n) is 6.76. The van der Waals surface area contributed by atoms with E-state index in [1.807, 2.05) is 6.92 Å². The number of fused-ring (bicyclic) bond motifs is 1. The van der Waals surface area contributed by atoms with Crippen LogP contribution in [0.3, 0.4) is 0 Å². The van der Waals surface area contributed by atoms with E-state index in [4.69, 9.17) is 30.6 Å². The molecule has 2 amide bonds. The summed E-state index contributed by atoms with van der Waals surface area (Å²) in [5.74, 6) is -1.62. The van der Waals surface area contributed by atoms with Crippen molar-refractivity contribution >= 4 is 69.3 Å². The van der Waals surface area contributed by atoms with E-state index in [2.05, 4.69) is 20.8 Å². The zero-order chi connectivity index (χ0) is 34.5. The number of nitrogens with zero attached hydrogens (tertiary/aromatic N) is 3. The number of alkyl halides is 1. The summed E-state index contributed by atoms with van der Waals surface area (Å²) in [4.78, 5) is 64.5. The van der Waals surface area contributed by atoms with E-state index < -0.39 is 46.4 Å². The van der Waals surface area contributed by atoms with Crippen molar-refractivity contribution in [3.8, 4) is 5.75 Å². The maximum absolute atomic E-state index is 13.7. The molecule has 1 unspecified atom stereocenters. The molecule has 47 heavy (non-hydrogen) atoms. The number of β-lactam (4-membered cyclic amide) rings is 1. The van der Waals surface area contributed by atoms with Gasteiger partial charge < -0.3 is 29.7 Å². The van der Waals surface area contributed by atoms with Crippen LogP contribution >= 0.6 is 34.7 Å². The van der Waals surface area contributed by atoms with E-state index in [0.29, 0.717) is 28.8 Å². The van der Waals surface area contributed by atoms with E-state index in [0.717, 1.165) is 5.56 Å². The van der Waals surface area contributed by atoms with E-state index >= 15 is 0 Å². The first-order valence-corrected chi connectivity index (χ1v) is 17.2. The Kier molecular flexibility index (Phi) is 11.5. The van der Waals surface area contributed by atoms with Gasteiger partial charge in [0, 0.05) is 23.6 Å². The maximum Gasteiger partial charge on any atom is 0.355 e. The van der Waals surface area contributed by atoms with Crippen molar-refractivity contribution in [2.75, 3.05) is 30.6 Å². The number of halogens is 1. The fourth-order valence-corrected chi connectivity index (χ4v) is 6.79. The van der Waals surface area contributed by atoms with Gasteiger partial charge in [-0.25, -0.2) is 14.6 Å². The number of benzene rings is 1. The number of carbonyl (C=O) groups is 4. The third kappa shape index (κ3) is 8.56. The molecule has 1 aromatic heterocycles. The van der Waals surface area contributed by atoms with Gasteiger partial charge in [-0.1, -0.05) is 17.3 Å². The lowest BCUT2D eigenvalue weighted by Gasteiger charge is -2.49. The molecule has 16 heteroatoms. The topological polar surface area (TPSA) is 158 Å². The molecule has 2 atom stereocenters. The molecular weight excluding hydrogens is 670 g/mol. The van der Waals surface area contributed by atoms with E-state index in [9.17, 15) is 19.2 Å². The monoisotopic (exact) mass is 707 g/mol. The highest BCUT2D eigenvalue weighted by Gasteiger charge is 2.54. The summed E-state index contributed by atoms with van der Waals surface area (Å²) in [7, 11) is 1.56. The first-order valence-electron chi connectivity index (χ1n) is 14.7. The number of hydrogen-bond acceptors (Lipinski definition) is 13. The number of nitrogens with one attached hydrogen (secondary N) is 2. The van der Waals surface area contributed by atoms with Gasteiger partial charge in [0.15, 0.2) is 10.8 Å². The normalized spacial score (nSPS) is 18.2. The summed E-state index contributed by atoms with van der Waals surface area (Å²) in [6.45, 7) is 10.6. The highest BCUT2D eigenvalue weighted by molar-refractivity contribution is 8.00. The van der Waals surface area contributed by atoms with Crippen LogP contribution < -0.4 is 15.4 Å². The maximum atomic E-state index is 13.7. The number of ether oxygens (including phenoxy) is 3. The minimum Gasteiger partial charge on any atom is -0.497 e. The molecular formula is C31H38ClN5O8S2. The number of anilines is 1. The SMILES string of the molecule is CCNc1nc(/C(=N/OC(C)(C)C(=O)OC(C)(C)C)C(=O)N[C@@H]2C(=O)N3C(C(=O)OCc4ccc(OC)cc4)=C(CCl)CSC23)cs1.